The number of esters is 1. The van der Waals surface area contributed by atoms with Crippen molar-refractivity contribution >= 4 is 16.9 Å². The highest BCUT2D eigenvalue weighted by atomic mass is 16.5. The lowest BCUT2D eigenvalue weighted by molar-refractivity contribution is 0.0503. The summed E-state index contributed by atoms with van der Waals surface area (Å²) in [7, 11) is 0. The van der Waals surface area contributed by atoms with E-state index in [4.69, 9.17) is 9.47 Å². The Labute approximate surface area is 116 Å². The van der Waals surface area contributed by atoms with Crippen LogP contribution in [0.2, 0.25) is 0 Å². The molecule has 0 bridgehead atoms. The van der Waals surface area contributed by atoms with Crippen LogP contribution in [0, 0.1) is 0 Å². The number of benzene rings is 1. The molecular formula is C15H16N2O3. The fraction of sp³-hybridized carbons (Fsp3) is 0.400. The highest BCUT2D eigenvalue weighted by molar-refractivity contribution is 5.97. The molecule has 0 saturated heterocycles. The van der Waals surface area contributed by atoms with Crippen molar-refractivity contribution in [2.24, 2.45) is 0 Å². The van der Waals surface area contributed by atoms with Crippen molar-refractivity contribution in [3.05, 3.63) is 30.0 Å². The predicted molar refractivity (Wildman–Crippen MR) is 73.8 cm³/mol. The van der Waals surface area contributed by atoms with Crippen LogP contribution in [0.5, 0.6) is 5.75 Å². The Hall–Kier alpha value is -2.17. The van der Waals surface area contributed by atoms with Gasteiger partial charge in [0, 0.05) is 5.39 Å². The number of ether oxygens (including phenoxy) is 2. The summed E-state index contributed by atoms with van der Waals surface area (Å²) in [4.78, 5) is 12.0. The van der Waals surface area contributed by atoms with E-state index in [1.54, 1.807) is 6.92 Å². The number of fused-ring (bicyclic) bond motifs is 1. The van der Waals surface area contributed by atoms with Crippen molar-refractivity contribution in [2.45, 2.75) is 32.3 Å². The van der Waals surface area contributed by atoms with Gasteiger partial charge in [0.2, 0.25) is 5.69 Å². The summed E-state index contributed by atoms with van der Waals surface area (Å²) in [5.74, 6) is 0.0128. The maximum absolute atomic E-state index is 12.0. The molecule has 2 aromatic rings. The van der Waals surface area contributed by atoms with E-state index in [0.29, 0.717) is 12.4 Å². The molecule has 1 fully saturated rings. The third-order valence-corrected chi connectivity index (χ3v) is 3.43. The molecule has 0 amide bonds. The molecule has 20 heavy (non-hydrogen) atoms. The van der Waals surface area contributed by atoms with Gasteiger partial charge in [0.25, 0.3) is 0 Å². The fourth-order valence-electron chi connectivity index (χ4n) is 2.14. The van der Waals surface area contributed by atoms with Gasteiger partial charge in [-0.15, -0.1) is 10.2 Å². The zero-order valence-corrected chi connectivity index (χ0v) is 11.3. The Morgan fingerprint density at radius 2 is 2.10 bits per heavy atom. The van der Waals surface area contributed by atoms with Crippen molar-refractivity contribution < 1.29 is 14.3 Å². The second-order valence-electron chi connectivity index (χ2n) is 4.79. The lowest BCUT2D eigenvalue weighted by Crippen LogP contribution is -2.26. The maximum Gasteiger partial charge on any atom is 0.362 e. The van der Waals surface area contributed by atoms with Crippen LogP contribution in [0.1, 0.15) is 36.7 Å². The molecule has 104 valence electrons. The topological polar surface area (TPSA) is 61.3 Å². The molecule has 1 aliphatic carbocycles. The van der Waals surface area contributed by atoms with Crippen molar-refractivity contribution in [1.82, 2.24) is 10.2 Å². The minimum Gasteiger partial charge on any atom is -0.487 e. The first kappa shape index (κ1) is 12.8. The first-order valence-corrected chi connectivity index (χ1v) is 6.88. The molecule has 0 radical (unpaired) electrons. The highest BCUT2D eigenvalue weighted by Gasteiger charge is 2.25. The van der Waals surface area contributed by atoms with E-state index in [0.717, 1.165) is 30.2 Å². The molecule has 1 aliphatic rings. The van der Waals surface area contributed by atoms with E-state index in [1.807, 2.05) is 24.3 Å². The molecule has 0 unspecified atom stereocenters. The molecule has 1 aromatic heterocycles. The van der Waals surface area contributed by atoms with E-state index in [-0.39, 0.29) is 11.8 Å². The minimum atomic E-state index is -0.486. The summed E-state index contributed by atoms with van der Waals surface area (Å²) in [6.07, 6.45) is 3.35. The molecule has 5 nitrogen and oxygen atoms in total. The summed E-state index contributed by atoms with van der Waals surface area (Å²) >= 11 is 0. The first-order chi connectivity index (χ1) is 9.79. The monoisotopic (exact) mass is 272 g/mol. The summed E-state index contributed by atoms with van der Waals surface area (Å²) in [6.45, 7) is 2.06. The SMILES string of the molecule is CCOC(=O)c1nnc2ccccc2c1OC1CCC1. The lowest BCUT2D eigenvalue weighted by atomic mass is 9.96. The van der Waals surface area contributed by atoms with E-state index < -0.39 is 5.97 Å². The molecule has 1 aromatic carbocycles. The van der Waals surface area contributed by atoms with Crippen LogP contribution in [0.25, 0.3) is 10.9 Å². The molecule has 1 saturated carbocycles. The molecule has 0 N–H and O–H groups in total. The van der Waals surface area contributed by atoms with Gasteiger partial charge in [-0.1, -0.05) is 12.1 Å². The molecule has 1 heterocycles. The van der Waals surface area contributed by atoms with Crippen molar-refractivity contribution in [2.75, 3.05) is 6.61 Å². The predicted octanol–water partition coefficient (Wildman–Crippen LogP) is 2.74. The molecule has 0 spiro atoms. The number of carbonyl (C=O) groups is 1. The number of hydrogen-bond donors (Lipinski definition) is 0. The quantitative estimate of drug-likeness (QED) is 0.801. The van der Waals surface area contributed by atoms with E-state index in [9.17, 15) is 4.79 Å². The lowest BCUT2D eigenvalue weighted by Gasteiger charge is -2.27. The summed E-state index contributed by atoms with van der Waals surface area (Å²) in [5.41, 5.74) is 0.882. The van der Waals surface area contributed by atoms with Gasteiger partial charge in [-0.3, -0.25) is 0 Å². The summed E-state index contributed by atoms with van der Waals surface area (Å²) < 4.78 is 11.0. The zero-order valence-electron chi connectivity index (χ0n) is 11.3. The number of aromatic nitrogens is 2. The average molecular weight is 272 g/mol. The standard InChI is InChI=1S/C15H16N2O3/c1-2-19-15(18)13-14(20-10-6-5-7-10)11-8-3-4-9-12(11)16-17-13/h3-4,8-10H,2,5-7H2,1H3. The van der Waals surface area contributed by atoms with Crippen LogP contribution in [0.3, 0.4) is 0 Å². The van der Waals surface area contributed by atoms with Gasteiger partial charge in [0.05, 0.1) is 18.2 Å². The van der Waals surface area contributed by atoms with Crippen molar-refractivity contribution in [1.29, 1.82) is 0 Å². The Morgan fingerprint density at radius 1 is 1.30 bits per heavy atom. The molecular weight excluding hydrogens is 256 g/mol. The van der Waals surface area contributed by atoms with Crippen LogP contribution >= 0.6 is 0 Å². The van der Waals surface area contributed by atoms with Gasteiger partial charge < -0.3 is 9.47 Å². The summed E-state index contributed by atoms with van der Waals surface area (Å²) in [6, 6.07) is 7.52. The minimum absolute atomic E-state index is 0.163. The number of nitrogens with zero attached hydrogens (tertiary/aromatic N) is 2. The fourth-order valence-corrected chi connectivity index (χ4v) is 2.14. The third-order valence-electron chi connectivity index (χ3n) is 3.43. The van der Waals surface area contributed by atoms with Gasteiger partial charge in [0.15, 0.2) is 5.75 Å². The van der Waals surface area contributed by atoms with Crippen molar-refractivity contribution in [3.8, 4) is 5.75 Å². The number of carbonyl (C=O) groups excluding carboxylic acids is 1. The van der Waals surface area contributed by atoms with Gasteiger partial charge in [0.1, 0.15) is 0 Å². The first-order valence-electron chi connectivity index (χ1n) is 6.88. The zero-order chi connectivity index (χ0) is 13.9. The van der Waals surface area contributed by atoms with E-state index in [2.05, 4.69) is 10.2 Å². The van der Waals surface area contributed by atoms with Crippen molar-refractivity contribution in [3.63, 3.8) is 0 Å². The normalized spacial score (nSPS) is 14.8. The Morgan fingerprint density at radius 3 is 2.80 bits per heavy atom. The van der Waals surface area contributed by atoms with Crippen LogP contribution in [-0.4, -0.2) is 28.9 Å². The van der Waals surface area contributed by atoms with Gasteiger partial charge in [-0.25, -0.2) is 4.79 Å². The molecule has 5 heteroatoms. The average Bonchev–Trinajstić information content (AvgIpc) is 2.42. The second-order valence-corrected chi connectivity index (χ2v) is 4.79. The second kappa shape index (κ2) is 5.45. The molecule has 0 aliphatic heterocycles. The highest BCUT2D eigenvalue weighted by Crippen LogP contribution is 2.32. The number of rotatable bonds is 4. The third kappa shape index (κ3) is 2.31. The Kier molecular flexibility index (Phi) is 3.50. The maximum atomic E-state index is 12.0. The van der Waals surface area contributed by atoms with Gasteiger partial charge in [-0.05, 0) is 38.3 Å². The Bertz CT molecular complexity index is 638. The smallest absolute Gasteiger partial charge is 0.362 e. The molecule has 0 atom stereocenters. The van der Waals surface area contributed by atoms with E-state index in [1.165, 1.54) is 0 Å². The van der Waals surface area contributed by atoms with Crippen LogP contribution in [0.15, 0.2) is 24.3 Å². The van der Waals surface area contributed by atoms with Gasteiger partial charge >= 0.3 is 5.97 Å². The van der Waals surface area contributed by atoms with Crippen LogP contribution < -0.4 is 4.74 Å². The van der Waals surface area contributed by atoms with Gasteiger partial charge in [-0.2, -0.15) is 0 Å². The summed E-state index contributed by atoms with van der Waals surface area (Å²) in [5, 5.41) is 8.86. The Balaban J connectivity index is 2.07. The largest absolute Gasteiger partial charge is 0.487 e. The molecule has 3 rings (SSSR count). The van der Waals surface area contributed by atoms with E-state index >= 15 is 0 Å². The van der Waals surface area contributed by atoms with Crippen LogP contribution in [0.4, 0.5) is 0 Å². The number of hydrogen-bond acceptors (Lipinski definition) is 5. The van der Waals surface area contributed by atoms with Crippen LogP contribution in [-0.2, 0) is 4.74 Å².